The Hall–Kier alpha value is -4.51. The number of rotatable bonds is 5. The average Bonchev–Trinajstić information content (AvgIpc) is 3.18. The predicted molar refractivity (Wildman–Crippen MR) is 124 cm³/mol. The van der Waals surface area contributed by atoms with Crippen LogP contribution in [-0.2, 0) is 12.8 Å². The lowest BCUT2D eigenvalue weighted by Crippen LogP contribution is -2.17. The molecule has 168 valence electrons. The number of H-pyrrole nitrogens is 1. The van der Waals surface area contributed by atoms with Crippen molar-refractivity contribution in [3.63, 3.8) is 0 Å². The van der Waals surface area contributed by atoms with Crippen LogP contribution < -0.4 is 10.4 Å². The molecule has 0 aliphatic heterocycles. The maximum absolute atomic E-state index is 14.9. The lowest BCUT2D eigenvalue weighted by molar-refractivity contribution is 0.410. The molecule has 0 atom stereocenters. The van der Waals surface area contributed by atoms with Crippen molar-refractivity contribution in [1.82, 2.24) is 14.5 Å². The number of nitrogens with zero attached hydrogens (tertiary/aromatic N) is 3. The van der Waals surface area contributed by atoms with E-state index in [9.17, 15) is 13.6 Å². The molecule has 0 radical (unpaired) electrons. The molecule has 2 heterocycles. The Labute approximate surface area is 192 Å². The van der Waals surface area contributed by atoms with Crippen LogP contribution in [0.25, 0.3) is 27.6 Å². The third-order valence-electron chi connectivity index (χ3n) is 5.81. The molecule has 5 aromatic rings. The second kappa shape index (κ2) is 8.45. The van der Waals surface area contributed by atoms with Gasteiger partial charge >= 0.3 is 5.69 Å². The van der Waals surface area contributed by atoms with E-state index in [0.717, 1.165) is 34.2 Å². The third kappa shape index (κ3) is 3.57. The first kappa shape index (κ1) is 21.3. The smallest absolute Gasteiger partial charge is 0.331 e. The van der Waals surface area contributed by atoms with Crippen LogP contribution in [0.15, 0.2) is 65.6 Å². The molecule has 0 saturated carbocycles. The van der Waals surface area contributed by atoms with E-state index in [4.69, 9.17) is 10.00 Å². The number of aryl methyl sites for hydroxylation is 2. The fourth-order valence-corrected chi connectivity index (χ4v) is 4.22. The Morgan fingerprint density at radius 1 is 1.09 bits per heavy atom. The van der Waals surface area contributed by atoms with Gasteiger partial charge in [0.05, 0.1) is 41.5 Å². The number of fused-ring (bicyclic) bond motifs is 3. The minimum Gasteiger partial charge on any atom is -0.496 e. The second-order valence-corrected chi connectivity index (χ2v) is 7.85. The first-order valence-corrected chi connectivity index (χ1v) is 10.5. The molecule has 0 saturated heterocycles. The Morgan fingerprint density at radius 3 is 2.50 bits per heavy atom. The van der Waals surface area contributed by atoms with E-state index >= 15 is 0 Å². The highest BCUT2D eigenvalue weighted by Gasteiger charge is 2.21. The highest BCUT2D eigenvalue weighted by molar-refractivity contribution is 6.03. The van der Waals surface area contributed by atoms with E-state index in [1.807, 2.05) is 36.4 Å². The third-order valence-corrected chi connectivity index (χ3v) is 5.81. The zero-order chi connectivity index (χ0) is 23.8. The fourth-order valence-electron chi connectivity index (χ4n) is 4.22. The molecule has 0 aliphatic rings. The van der Waals surface area contributed by atoms with Crippen molar-refractivity contribution < 1.29 is 13.5 Å². The van der Waals surface area contributed by atoms with Gasteiger partial charge in [0.15, 0.2) is 11.6 Å². The summed E-state index contributed by atoms with van der Waals surface area (Å²) in [6.07, 6.45) is 2.84. The van der Waals surface area contributed by atoms with E-state index in [0.29, 0.717) is 34.1 Å². The summed E-state index contributed by atoms with van der Waals surface area (Å²) in [7, 11) is 1.57. The van der Waals surface area contributed by atoms with Gasteiger partial charge in [0.1, 0.15) is 11.4 Å². The van der Waals surface area contributed by atoms with Crippen molar-refractivity contribution in [3.05, 3.63) is 99.6 Å². The Bertz CT molecular complexity index is 1630. The number of hydrogen-bond donors (Lipinski definition) is 1. The summed E-state index contributed by atoms with van der Waals surface area (Å²) in [4.78, 5) is 19.8. The Kier molecular flexibility index (Phi) is 5.30. The van der Waals surface area contributed by atoms with Crippen LogP contribution in [0.3, 0.4) is 0 Å². The van der Waals surface area contributed by atoms with Crippen molar-refractivity contribution in [2.45, 2.75) is 12.8 Å². The first-order valence-electron chi connectivity index (χ1n) is 10.5. The average molecular weight is 456 g/mol. The van der Waals surface area contributed by atoms with Gasteiger partial charge in [-0.05, 0) is 42.2 Å². The lowest BCUT2D eigenvalue weighted by Gasteiger charge is -2.13. The van der Waals surface area contributed by atoms with Gasteiger partial charge in [-0.2, -0.15) is 5.26 Å². The molecule has 0 unspecified atom stereocenters. The Morgan fingerprint density at radius 2 is 1.82 bits per heavy atom. The molecule has 0 amide bonds. The summed E-state index contributed by atoms with van der Waals surface area (Å²) in [5.74, 6) is -1.39. The van der Waals surface area contributed by atoms with E-state index in [1.54, 1.807) is 19.2 Å². The Balaban J connectivity index is 1.74. The lowest BCUT2D eigenvalue weighted by atomic mass is 10.0. The van der Waals surface area contributed by atoms with Crippen molar-refractivity contribution in [2.75, 3.05) is 7.11 Å². The van der Waals surface area contributed by atoms with Crippen LogP contribution in [0.1, 0.15) is 16.7 Å². The van der Waals surface area contributed by atoms with Gasteiger partial charge in [-0.15, -0.1) is 0 Å². The highest BCUT2D eigenvalue weighted by Crippen LogP contribution is 2.32. The number of hydrogen-bond acceptors (Lipinski definition) is 4. The molecule has 0 bridgehead atoms. The van der Waals surface area contributed by atoms with Crippen molar-refractivity contribution >= 4 is 21.9 Å². The molecule has 0 fully saturated rings. The molecule has 1 N–H and O–H groups in total. The minimum absolute atomic E-state index is 0.175. The number of benzene rings is 3. The van der Waals surface area contributed by atoms with E-state index in [1.165, 1.54) is 6.20 Å². The van der Waals surface area contributed by atoms with Gasteiger partial charge in [0.2, 0.25) is 0 Å². The van der Waals surface area contributed by atoms with Crippen LogP contribution in [-0.4, -0.2) is 21.6 Å². The summed E-state index contributed by atoms with van der Waals surface area (Å²) in [5.41, 5.74) is 1.72. The summed E-state index contributed by atoms with van der Waals surface area (Å²) in [6.45, 7) is 0. The molecule has 0 spiro atoms. The van der Waals surface area contributed by atoms with Crippen LogP contribution >= 0.6 is 0 Å². The molecule has 2 aromatic heterocycles. The van der Waals surface area contributed by atoms with Crippen molar-refractivity contribution in [2.24, 2.45) is 0 Å². The summed E-state index contributed by atoms with van der Waals surface area (Å²) in [5, 5.41) is 9.55. The molecular formula is C26H18F2N4O2. The van der Waals surface area contributed by atoms with E-state index in [-0.39, 0.29) is 5.56 Å². The first-order chi connectivity index (χ1) is 16.5. The quantitative estimate of drug-likeness (QED) is 0.411. The number of pyridine rings is 1. The number of imidazole rings is 1. The molecule has 34 heavy (non-hydrogen) atoms. The number of nitrogens with one attached hydrogen (secondary N) is 1. The van der Waals surface area contributed by atoms with Gasteiger partial charge in [-0.1, -0.05) is 30.3 Å². The van der Waals surface area contributed by atoms with E-state index < -0.39 is 23.0 Å². The molecule has 8 heteroatoms. The maximum Gasteiger partial charge on any atom is 0.331 e. The summed E-state index contributed by atoms with van der Waals surface area (Å²) >= 11 is 0. The van der Waals surface area contributed by atoms with Crippen LogP contribution in [0, 0.1) is 23.0 Å². The van der Waals surface area contributed by atoms with Crippen LogP contribution in [0.5, 0.6) is 5.75 Å². The molecule has 0 aliphatic carbocycles. The predicted octanol–water partition coefficient (Wildman–Crippen LogP) is 4.81. The molecule has 3 aromatic carbocycles. The van der Waals surface area contributed by atoms with Crippen molar-refractivity contribution in [3.8, 4) is 17.5 Å². The minimum atomic E-state index is -1.01. The standard InChI is InChI=1S/C26H18F2N4O2/c1-34-23-12-21-18(11-17(23)8-7-15-5-3-2-4-6-15)24-22(14-30-21)31-26(33)32(24)25-19(27)9-16(13-29)10-20(25)28/h2-6,9-12,14H,7-8H2,1H3,(H,31,33). The van der Waals surface area contributed by atoms with Gasteiger partial charge in [0, 0.05) is 11.5 Å². The number of nitriles is 1. The van der Waals surface area contributed by atoms with Gasteiger partial charge in [0.25, 0.3) is 0 Å². The van der Waals surface area contributed by atoms with Crippen LogP contribution in [0.2, 0.25) is 0 Å². The summed E-state index contributed by atoms with van der Waals surface area (Å²) < 4.78 is 36.3. The zero-order valence-electron chi connectivity index (χ0n) is 18.1. The number of aromatic nitrogens is 3. The number of methoxy groups -OCH3 is 1. The monoisotopic (exact) mass is 456 g/mol. The van der Waals surface area contributed by atoms with Crippen molar-refractivity contribution in [1.29, 1.82) is 5.26 Å². The largest absolute Gasteiger partial charge is 0.496 e. The number of halogens is 2. The number of aromatic amines is 1. The molecule has 5 rings (SSSR count). The SMILES string of the molecule is COc1cc2ncc3[nH]c(=O)n(-c4c(F)cc(C#N)cc4F)c3c2cc1CCc1ccccc1. The maximum atomic E-state index is 14.9. The van der Waals surface area contributed by atoms with Gasteiger partial charge in [-0.25, -0.2) is 13.6 Å². The number of ether oxygens (including phenoxy) is 1. The highest BCUT2D eigenvalue weighted by atomic mass is 19.1. The normalized spacial score (nSPS) is 11.1. The summed E-state index contributed by atoms with van der Waals surface area (Å²) in [6, 6.07) is 17.1. The van der Waals surface area contributed by atoms with Gasteiger partial charge < -0.3 is 9.72 Å². The zero-order valence-corrected chi connectivity index (χ0v) is 18.1. The van der Waals surface area contributed by atoms with E-state index in [2.05, 4.69) is 9.97 Å². The second-order valence-electron chi connectivity index (χ2n) is 7.85. The topological polar surface area (TPSA) is 83.7 Å². The molecular weight excluding hydrogens is 438 g/mol. The van der Waals surface area contributed by atoms with Gasteiger partial charge in [-0.3, -0.25) is 9.55 Å². The molecule has 6 nitrogen and oxygen atoms in total. The van der Waals surface area contributed by atoms with Crippen LogP contribution in [0.4, 0.5) is 8.78 Å². The fraction of sp³-hybridized carbons (Fsp3) is 0.115.